The highest BCUT2D eigenvalue weighted by molar-refractivity contribution is 8.00. The fourth-order valence-electron chi connectivity index (χ4n) is 1.92. The number of thioether (sulfide) groups is 1. The van der Waals surface area contributed by atoms with Crippen LogP contribution in [0.2, 0.25) is 0 Å². The topological polar surface area (TPSA) is 35.8 Å². The molecule has 104 valence electrons. The maximum Gasteiger partial charge on any atom is 0.150 e. The molecule has 0 saturated carbocycles. The van der Waals surface area contributed by atoms with Crippen molar-refractivity contribution < 1.29 is 8.78 Å². The number of rotatable bonds is 6. The van der Waals surface area contributed by atoms with Crippen molar-refractivity contribution in [2.45, 2.75) is 31.4 Å². The van der Waals surface area contributed by atoms with E-state index in [2.05, 4.69) is 19.2 Å². The Morgan fingerprint density at radius 2 is 1.79 bits per heavy atom. The first-order valence-corrected chi connectivity index (χ1v) is 7.42. The van der Waals surface area contributed by atoms with Gasteiger partial charge in [-0.3, -0.25) is 0 Å². The van der Waals surface area contributed by atoms with Gasteiger partial charge in [0.2, 0.25) is 0 Å². The summed E-state index contributed by atoms with van der Waals surface area (Å²) < 4.78 is 27.4. The summed E-state index contributed by atoms with van der Waals surface area (Å²) in [5.74, 6) is -1.45. The van der Waals surface area contributed by atoms with Crippen molar-refractivity contribution in [1.82, 2.24) is 0 Å². The van der Waals surface area contributed by atoms with Crippen LogP contribution < -0.4 is 5.32 Å². The van der Waals surface area contributed by atoms with Gasteiger partial charge < -0.3 is 5.32 Å². The van der Waals surface area contributed by atoms with Crippen LogP contribution in [-0.2, 0) is 0 Å². The summed E-state index contributed by atoms with van der Waals surface area (Å²) in [4.78, 5) is 0. The third kappa shape index (κ3) is 3.60. The second kappa shape index (κ2) is 6.76. The van der Waals surface area contributed by atoms with Crippen LogP contribution in [0.3, 0.4) is 0 Å². The minimum Gasteiger partial charge on any atom is -0.379 e. The van der Waals surface area contributed by atoms with E-state index >= 15 is 0 Å². The standard InChI is InChI=1S/C14H18F2N2S/c1-4-14(5-2,19-3)9-18-13-11(15)6-10(8-17)7-12(13)16/h6-7,18H,4-5,9H2,1-3H3. The van der Waals surface area contributed by atoms with Crippen molar-refractivity contribution >= 4 is 17.4 Å². The first kappa shape index (κ1) is 15.8. The predicted molar refractivity (Wildman–Crippen MR) is 76.4 cm³/mol. The minimum atomic E-state index is -0.723. The summed E-state index contributed by atoms with van der Waals surface area (Å²) >= 11 is 1.70. The highest BCUT2D eigenvalue weighted by Gasteiger charge is 2.25. The second-order valence-electron chi connectivity index (χ2n) is 4.37. The van der Waals surface area contributed by atoms with Crippen LogP contribution in [0.15, 0.2) is 12.1 Å². The molecule has 0 aliphatic heterocycles. The molecule has 1 aromatic carbocycles. The van der Waals surface area contributed by atoms with Gasteiger partial charge in [-0.25, -0.2) is 8.78 Å². The normalized spacial score (nSPS) is 11.2. The molecule has 1 rings (SSSR count). The quantitative estimate of drug-likeness (QED) is 0.851. The highest BCUT2D eigenvalue weighted by Crippen LogP contribution is 2.31. The number of hydrogen-bond acceptors (Lipinski definition) is 3. The van der Waals surface area contributed by atoms with Gasteiger partial charge in [0.15, 0.2) is 11.6 Å². The van der Waals surface area contributed by atoms with E-state index in [-0.39, 0.29) is 16.0 Å². The molecule has 0 heterocycles. The number of hydrogen-bond donors (Lipinski definition) is 1. The molecule has 19 heavy (non-hydrogen) atoms. The molecule has 2 nitrogen and oxygen atoms in total. The van der Waals surface area contributed by atoms with Crippen molar-refractivity contribution in [3.8, 4) is 6.07 Å². The third-order valence-corrected chi connectivity index (χ3v) is 5.07. The van der Waals surface area contributed by atoms with Crippen LogP contribution in [0.5, 0.6) is 0 Å². The van der Waals surface area contributed by atoms with Gasteiger partial charge in [0.25, 0.3) is 0 Å². The number of halogens is 2. The van der Waals surface area contributed by atoms with Crippen molar-refractivity contribution in [2.24, 2.45) is 0 Å². The van der Waals surface area contributed by atoms with E-state index in [9.17, 15) is 8.78 Å². The zero-order valence-electron chi connectivity index (χ0n) is 11.4. The smallest absolute Gasteiger partial charge is 0.150 e. The Kier molecular flexibility index (Phi) is 5.61. The molecule has 0 unspecified atom stereocenters. The average Bonchev–Trinajstić information content (AvgIpc) is 2.42. The number of nitriles is 1. The molecule has 0 aromatic heterocycles. The van der Waals surface area contributed by atoms with E-state index in [4.69, 9.17) is 5.26 Å². The largest absolute Gasteiger partial charge is 0.379 e. The highest BCUT2D eigenvalue weighted by atomic mass is 32.2. The van der Waals surface area contributed by atoms with E-state index in [1.807, 2.05) is 6.26 Å². The van der Waals surface area contributed by atoms with Crippen LogP contribution in [-0.4, -0.2) is 17.5 Å². The van der Waals surface area contributed by atoms with Crippen LogP contribution in [0.25, 0.3) is 0 Å². The zero-order chi connectivity index (χ0) is 14.5. The molecular formula is C14H18F2N2S. The Balaban J connectivity index is 2.92. The molecule has 5 heteroatoms. The summed E-state index contributed by atoms with van der Waals surface area (Å²) in [5, 5.41) is 11.5. The Bertz CT molecular complexity index is 448. The average molecular weight is 284 g/mol. The number of nitrogens with zero attached hydrogens (tertiary/aromatic N) is 1. The predicted octanol–water partition coefficient (Wildman–Crippen LogP) is 4.17. The molecule has 0 fully saturated rings. The molecule has 0 spiro atoms. The first-order valence-electron chi connectivity index (χ1n) is 6.20. The minimum absolute atomic E-state index is 0.0114. The van der Waals surface area contributed by atoms with Gasteiger partial charge in [0, 0.05) is 11.3 Å². The first-order chi connectivity index (χ1) is 9.01. The molecule has 0 aliphatic carbocycles. The Morgan fingerprint density at radius 1 is 1.26 bits per heavy atom. The maximum atomic E-state index is 13.7. The van der Waals surface area contributed by atoms with Crippen LogP contribution in [0, 0.1) is 23.0 Å². The van der Waals surface area contributed by atoms with E-state index in [0.717, 1.165) is 25.0 Å². The van der Waals surface area contributed by atoms with E-state index in [1.165, 1.54) is 0 Å². The van der Waals surface area contributed by atoms with Crippen LogP contribution in [0.4, 0.5) is 14.5 Å². The van der Waals surface area contributed by atoms with Crippen molar-refractivity contribution in [1.29, 1.82) is 5.26 Å². The fourth-order valence-corrected chi connectivity index (χ4v) is 2.71. The monoisotopic (exact) mass is 284 g/mol. The summed E-state index contributed by atoms with van der Waals surface area (Å²) in [6.07, 6.45) is 3.83. The molecular weight excluding hydrogens is 266 g/mol. The van der Waals surface area contributed by atoms with Gasteiger partial charge in [-0.15, -0.1) is 0 Å². The lowest BCUT2D eigenvalue weighted by Crippen LogP contribution is -2.32. The third-order valence-electron chi connectivity index (χ3n) is 3.48. The Labute approximate surface area is 117 Å². The SMILES string of the molecule is CCC(CC)(CNc1c(F)cc(C#N)cc1F)SC. The van der Waals surface area contributed by atoms with Gasteiger partial charge in [0.1, 0.15) is 5.69 Å². The summed E-state index contributed by atoms with van der Waals surface area (Å²) in [7, 11) is 0. The Hall–Kier alpha value is -1.28. The molecule has 0 atom stereocenters. The molecule has 0 aliphatic rings. The molecule has 0 saturated heterocycles. The number of nitrogens with one attached hydrogen (secondary N) is 1. The van der Waals surface area contributed by atoms with Gasteiger partial charge in [0.05, 0.1) is 11.6 Å². The van der Waals surface area contributed by atoms with E-state index < -0.39 is 11.6 Å². The van der Waals surface area contributed by atoms with Gasteiger partial charge in [-0.2, -0.15) is 17.0 Å². The van der Waals surface area contributed by atoms with Crippen molar-refractivity contribution in [3.63, 3.8) is 0 Å². The van der Waals surface area contributed by atoms with Gasteiger partial charge in [-0.05, 0) is 31.2 Å². The fraction of sp³-hybridized carbons (Fsp3) is 0.500. The maximum absolute atomic E-state index is 13.7. The summed E-state index contributed by atoms with van der Waals surface area (Å²) in [6.45, 7) is 4.61. The summed E-state index contributed by atoms with van der Waals surface area (Å²) in [6, 6.07) is 3.82. The van der Waals surface area contributed by atoms with Crippen LogP contribution >= 0.6 is 11.8 Å². The van der Waals surface area contributed by atoms with E-state index in [1.54, 1.807) is 17.8 Å². The van der Waals surface area contributed by atoms with Crippen molar-refractivity contribution in [3.05, 3.63) is 29.3 Å². The van der Waals surface area contributed by atoms with Crippen molar-refractivity contribution in [2.75, 3.05) is 18.1 Å². The lowest BCUT2D eigenvalue weighted by Gasteiger charge is -2.30. The number of benzene rings is 1. The summed E-state index contributed by atoms with van der Waals surface area (Å²) in [5.41, 5.74) is -0.165. The second-order valence-corrected chi connectivity index (χ2v) is 5.65. The molecule has 1 aromatic rings. The molecule has 0 amide bonds. The number of anilines is 1. The van der Waals surface area contributed by atoms with Gasteiger partial charge in [-0.1, -0.05) is 13.8 Å². The lowest BCUT2D eigenvalue weighted by molar-refractivity contribution is 0.557. The van der Waals surface area contributed by atoms with Crippen LogP contribution in [0.1, 0.15) is 32.3 Å². The van der Waals surface area contributed by atoms with E-state index in [0.29, 0.717) is 6.54 Å². The Morgan fingerprint density at radius 3 is 2.16 bits per heavy atom. The molecule has 0 radical (unpaired) electrons. The molecule has 1 N–H and O–H groups in total. The lowest BCUT2D eigenvalue weighted by atomic mass is 10.0. The van der Waals surface area contributed by atoms with Gasteiger partial charge >= 0.3 is 0 Å². The molecule has 0 bridgehead atoms. The zero-order valence-corrected chi connectivity index (χ0v) is 12.2.